The maximum Gasteiger partial charge on any atom is 0.244 e. The van der Waals surface area contributed by atoms with Crippen LogP contribution in [0.5, 0.6) is 5.75 Å². The molecule has 1 amide bonds. The minimum Gasteiger partial charge on any atom is -0.468 e. The molecule has 2 bridgehead atoms. The first-order chi connectivity index (χ1) is 12.6. The number of carbonyl (C=O) groups is 1. The number of halogens is 1. The highest BCUT2D eigenvalue weighted by atomic mass is 79.9. The number of hydrogen-bond donors (Lipinski definition) is 0. The van der Waals surface area contributed by atoms with Crippen molar-refractivity contribution < 1.29 is 17.9 Å². The van der Waals surface area contributed by atoms with Crippen LogP contribution in [0, 0.1) is 6.92 Å². The molecule has 4 rings (SSSR count). The third-order valence-corrected chi connectivity index (χ3v) is 8.25. The van der Waals surface area contributed by atoms with E-state index in [4.69, 9.17) is 4.74 Å². The molecule has 5 nitrogen and oxygen atoms in total. The quantitative estimate of drug-likeness (QED) is 0.701. The van der Waals surface area contributed by atoms with Crippen LogP contribution in [0.1, 0.15) is 30.4 Å². The number of amides is 1. The molecular formula is C20H20BrNO4S. The molecule has 2 aliphatic rings. The van der Waals surface area contributed by atoms with E-state index in [1.807, 2.05) is 32.0 Å². The fraction of sp³-hybridized carbons (Fsp3) is 0.350. The van der Waals surface area contributed by atoms with E-state index in [1.54, 1.807) is 31.3 Å². The average Bonchev–Trinajstić information content (AvgIpc) is 2.61. The van der Waals surface area contributed by atoms with Gasteiger partial charge >= 0.3 is 0 Å². The summed E-state index contributed by atoms with van der Waals surface area (Å²) in [5.74, 6) is -0.272. The Bertz CT molecular complexity index is 1030. The van der Waals surface area contributed by atoms with Crippen molar-refractivity contribution in [2.45, 2.75) is 42.1 Å². The van der Waals surface area contributed by atoms with Crippen molar-refractivity contribution in [2.75, 3.05) is 7.05 Å². The Hall–Kier alpha value is -1.86. The third-order valence-electron chi connectivity index (χ3n) is 5.63. The molecule has 0 unspecified atom stereocenters. The Morgan fingerprint density at radius 2 is 1.85 bits per heavy atom. The summed E-state index contributed by atoms with van der Waals surface area (Å²) >= 11 is 3.44. The van der Waals surface area contributed by atoms with Crippen LogP contribution in [0.3, 0.4) is 0 Å². The first-order valence-corrected chi connectivity index (χ1v) is 11.0. The lowest BCUT2D eigenvalue weighted by Crippen LogP contribution is -2.64. The Labute approximate surface area is 167 Å². The molecule has 0 N–H and O–H groups in total. The third kappa shape index (κ3) is 2.79. The van der Waals surface area contributed by atoms with Gasteiger partial charge < -0.3 is 9.64 Å². The molecule has 2 heterocycles. The predicted octanol–water partition coefficient (Wildman–Crippen LogP) is 3.65. The summed E-state index contributed by atoms with van der Waals surface area (Å²) in [6.45, 7) is 3.73. The minimum absolute atomic E-state index is 0.173. The topological polar surface area (TPSA) is 63.7 Å². The van der Waals surface area contributed by atoms with E-state index >= 15 is 0 Å². The SMILES string of the molecule is Cc1ccc(S(=O)(=O)[C@H]2C(=O)N(C)[C@@]3(C)C[C@H]2c2cc(Br)ccc2O3)cc1. The number of benzene rings is 2. The number of piperidine rings is 1. The van der Waals surface area contributed by atoms with Crippen LogP contribution < -0.4 is 4.74 Å². The summed E-state index contributed by atoms with van der Waals surface area (Å²) in [6.07, 6.45) is 0.425. The number of nitrogens with zero attached hydrogens (tertiary/aromatic N) is 1. The Kier molecular flexibility index (Phi) is 4.16. The lowest BCUT2D eigenvalue weighted by Gasteiger charge is -2.51. The highest BCUT2D eigenvalue weighted by Gasteiger charge is 2.57. The van der Waals surface area contributed by atoms with Crippen LogP contribution in [-0.4, -0.2) is 37.2 Å². The van der Waals surface area contributed by atoms with Crippen molar-refractivity contribution in [3.63, 3.8) is 0 Å². The summed E-state index contributed by atoms with van der Waals surface area (Å²) in [4.78, 5) is 14.8. The zero-order valence-electron chi connectivity index (χ0n) is 15.3. The van der Waals surface area contributed by atoms with E-state index in [1.165, 1.54) is 4.90 Å². The predicted molar refractivity (Wildman–Crippen MR) is 105 cm³/mol. The van der Waals surface area contributed by atoms with Gasteiger partial charge in [-0.25, -0.2) is 8.42 Å². The maximum atomic E-state index is 13.5. The molecule has 3 atom stereocenters. The molecule has 2 aromatic rings. The molecule has 0 saturated carbocycles. The van der Waals surface area contributed by atoms with Crippen LogP contribution >= 0.6 is 15.9 Å². The molecule has 7 heteroatoms. The zero-order chi connectivity index (χ0) is 19.6. The van der Waals surface area contributed by atoms with Gasteiger partial charge in [0.2, 0.25) is 5.91 Å². The lowest BCUT2D eigenvalue weighted by atomic mass is 9.80. The Morgan fingerprint density at radius 1 is 1.19 bits per heavy atom. The van der Waals surface area contributed by atoms with Crippen molar-refractivity contribution in [3.8, 4) is 5.75 Å². The number of hydrogen-bond acceptors (Lipinski definition) is 4. The molecule has 0 radical (unpaired) electrons. The molecular weight excluding hydrogens is 430 g/mol. The molecule has 2 aromatic carbocycles. The second-order valence-corrected chi connectivity index (χ2v) is 10.4. The van der Waals surface area contributed by atoms with Gasteiger partial charge in [0.25, 0.3) is 0 Å². The van der Waals surface area contributed by atoms with Crippen molar-refractivity contribution in [2.24, 2.45) is 0 Å². The first kappa shape index (κ1) is 18.5. The minimum atomic E-state index is -3.86. The smallest absolute Gasteiger partial charge is 0.244 e. The van der Waals surface area contributed by atoms with Gasteiger partial charge in [-0.3, -0.25) is 4.79 Å². The summed E-state index contributed by atoms with van der Waals surface area (Å²) in [5.41, 5.74) is 0.861. The average molecular weight is 450 g/mol. The fourth-order valence-electron chi connectivity index (χ4n) is 3.99. The van der Waals surface area contributed by atoms with Gasteiger partial charge in [-0.2, -0.15) is 0 Å². The summed E-state index contributed by atoms with van der Waals surface area (Å²) < 4.78 is 33.8. The van der Waals surface area contributed by atoms with E-state index in [0.717, 1.165) is 15.6 Å². The number of ether oxygens (including phenoxy) is 1. The van der Waals surface area contributed by atoms with E-state index < -0.39 is 32.6 Å². The van der Waals surface area contributed by atoms with Crippen molar-refractivity contribution >= 4 is 31.7 Å². The van der Waals surface area contributed by atoms with Crippen molar-refractivity contribution in [1.82, 2.24) is 4.90 Å². The highest BCUT2D eigenvalue weighted by Crippen LogP contribution is 2.50. The van der Waals surface area contributed by atoms with Crippen LogP contribution in [0.2, 0.25) is 0 Å². The first-order valence-electron chi connectivity index (χ1n) is 8.70. The molecule has 0 aromatic heterocycles. The summed E-state index contributed by atoms with van der Waals surface area (Å²) in [5, 5.41) is -1.17. The standard InChI is InChI=1S/C20H20BrNO4S/c1-12-4-7-14(8-5-12)27(24,25)18-16-11-20(2,22(3)19(18)23)26-17-9-6-13(21)10-15(16)17/h4-10,16,18H,11H2,1-3H3/t16-,18+,20+/m0/s1. The number of likely N-dealkylation sites (tertiary alicyclic amines) is 1. The van der Waals surface area contributed by atoms with Gasteiger partial charge in [-0.1, -0.05) is 33.6 Å². The zero-order valence-corrected chi connectivity index (χ0v) is 17.7. The Morgan fingerprint density at radius 3 is 2.52 bits per heavy atom. The van der Waals surface area contributed by atoms with Gasteiger partial charge in [0, 0.05) is 29.4 Å². The normalized spacial score (nSPS) is 27.1. The number of carbonyl (C=O) groups excluding carboxylic acids is 1. The number of fused-ring (bicyclic) bond motifs is 4. The van der Waals surface area contributed by atoms with Crippen LogP contribution in [0.25, 0.3) is 0 Å². The van der Waals surface area contributed by atoms with Crippen LogP contribution in [0.4, 0.5) is 0 Å². The van der Waals surface area contributed by atoms with Gasteiger partial charge in [0.05, 0.1) is 4.90 Å². The molecule has 1 saturated heterocycles. The van der Waals surface area contributed by atoms with E-state index in [2.05, 4.69) is 15.9 Å². The highest BCUT2D eigenvalue weighted by molar-refractivity contribution is 9.10. The second kappa shape index (κ2) is 6.07. The molecule has 27 heavy (non-hydrogen) atoms. The molecule has 1 fully saturated rings. The molecule has 142 valence electrons. The van der Waals surface area contributed by atoms with Gasteiger partial charge in [-0.15, -0.1) is 0 Å². The maximum absolute atomic E-state index is 13.5. The van der Waals surface area contributed by atoms with E-state index in [0.29, 0.717) is 12.2 Å². The molecule has 0 spiro atoms. The number of rotatable bonds is 2. The number of sulfone groups is 1. The molecule has 2 aliphatic heterocycles. The van der Waals surface area contributed by atoms with Gasteiger partial charge in [0.15, 0.2) is 20.8 Å². The fourth-order valence-corrected chi connectivity index (χ4v) is 6.28. The van der Waals surface area contributed by atoms with Crippen molar-refractivity contribution in [1.29, 1.82) is 0 Å². The van der Waals surface area contributed by atoms with Gasteiger partial charge in [0.1, 0.15) is 5.75 Å². The largest absolute Gasteiger partial charge is 0.468 e. The van der Waals surface area contributed by atoms with Crippen LogP contribution in [0.15, 0.2) is 51.8 Å². The molecule has 0 aliphatic carbocycles. The van der Waals surface area contributed by atoms with E-state index in [9.17, 15) is 13.2 Å². The van der Waals surface area contributed by atoms with Crippen molar-refractivity contribution in [3.05, 3.63) is 58.1 Å². The Balaban J connectivity index is 1.90. The second-order valence-electron chi connectivity index (χ2n) is 7.45. The number of aryl methyl sites for hydroxylation is 1. The van der Waals surface area contributed by atoms with Gasteiger partial charge in [-0.05, 0) is 44.2 Å². The lowest BCUT2D eigenvalue weighted by molar-refractivity contribution is -0.159. The van der Waals surface area contributed by atoms with Crippen LogP contribution in [-0.2, 0) is 14.6 Å². The monoisotopic (exact) mass is 449 g/mol. The summed E-state index contributed by atoms with van der Waals surface area (Å²) in [6, 6.07) is 12.2. The summed E-state index contributed by atoms with van der Waals surface area (Å²) in [7, 11) is -2.24. The van der Waals surface area contributed by atoms with E-state index in [-0.39, 0.29) is 4.90 Å².